The third-order valence-electron chi connectivity index (χ3n) is 4.66. The minimum absolute atomic E-state index is 0.00169. The van der Waals surface area contributed by atoms with Crippen molar-refractivity contribution in [3.05, 3.63) is 29.3 Å². The average Bonchev–Trinajstić information content (AvgIpc) is 2.87. The lowest BCUT2D eigenvalue weighted by Crippen LogP contribution is -2.50. The number of benzene rings is 1. The maximum atomic E-state index is 6.17. The molecule has 0 bridgehead atoms. The van der Waals surface area contributed by atoms with E-state index in [4.69, 9.17) is 24.7 Å². The molecule has 1 saturated heterocycles. The molecular formula is C17H25NO4. The minimum atomic E-state index is -0.247. The summed E-state index contributed by atoms with van der Waals surface area (Å²) in [6.07, 6.45) is 2.29. The van der Waals surface area contributed by atoms with E-state index in [-0.39, 0.29) is 30.7 Å². The molecule has 1 unspecified atom stereocenters. The summed E-state index contributed by atoms with van der Waals surface area (Å²) >= 11 is 0. The molecule has 0 radical (unpaired) electrons. The number of hydrogen-bond donors (Lipinski definition) is 1. The highest BCUT2D eigenvalue weighted by Gasteiger charge is 2.38. The summed E-state index contributed by atoms with van der Waals surface area (Å²) in [4.78, 5) is 0. The number of rotatable bonds is 4. The highest BCUT2D eigenvalue weighted by Crippen LogP contribution is 2.30. The van der Waals surface area contributed by atoms with Crippen LogP contribution in [-0.4, -0.2) is 44.9 Å². The minimum Gasteiger partial charge on any atom is -0.399 e. The van der Waals surface area contributed by atoms with Gasteiger partial charge in [-0.1, -0.05) is 6.07 Å². The molecule has 5 nitrogen and oxygen atoms in total. The van der Waals surface area contributed by atoms with Crippen LogP contribution in [0.25, 0.3) is 0 Å². The van der Waals surface area contributed by atoms with Crippen LogP contribution in [0.3, 0.4) is 0 Å². The van der Waals surface area contributed by atoms with Crippen molar-refractivity contribution in [2.75, 3.05) is 20.0 Å². The van der Waals surface area contributed by atoms with Crippen molar-refractivity contribution in [3.63, 3.8) is 0 Å². The van der Waals surface area contributed by atoms with Crippen molar-refractivity contribution in [2.45, 2.75) is 56.9 Å². The van der Waals surface area contributed by atoms with Crippen LogP contribution in [0, 0.1) is 0 Å². The highest BCUT2D eigenvalue weighted by atomic mass is 16.7. The number of anilines is 1. The van der Waals surface area contributed by atoms with E-state index in [0.717, 1.165) is 18.5 Å². The zero-order valence-electron chi connectivity index (χ0n) is 13.5. The normalized spacial score (nSPS) is 34.6. The zero-order valence-corrected chi connectivity index (χ0v) is 13.5. The second-order valence-electron chi connectivity index (χ2n) is 6.18. The van der Waals surface area contributed by atoms with Crippen molar-refractivity contribution in [2.24, 2.45) is 0 Å². The molecule has 1 aliphatic heterocycles. The van der Waals surface area contributed by atoms with E-state index in [1.165, 1.54) is 11.1 Å². The summed E-state index contributed by atoms with van der Waals surface area (Å²) in [7, 11) is 3.40. The van der Waals surface area contributed by atoms with Gasteiger partial charge in [0.25, 0.3) is 0 Å². The third kappa shape index (κ3) is 3.13. The van der Waals surface area contributed by atoms with E-state index in [9.17, 15) is 0 Å². The van der Waals surface area contributed by atoms with E-state index >= 15 is 0 Å². The maximum absolute atomic E-state index is 6.17. The molecule has 1 aromatic rings. The molecule has 5 atom stereocenters. The molecule has 3 rings (SSSR count). The Morgan fingerprint density at radius 3 is 2.64 bits per heavy atom. The average molecular weight is 307 g/mol. The first kappa shape index (κ1) is 15.7. The number of nitrogens with two attached hydrogens (primary N) is 1. The van der Waals surface area contributed by atoms with Crippen molar-refractivity contribution in [1.29, 1.82) is 0 Å². The Kier molecular flexibility index (Phi) is 4.68. The van der Waals surface area contributed by atoms with Crippen molar-refractivity contribution >= 4 is 5.69 Å². The Hall–Kier alpha value is -1.14. The summed E-state index contributed by atoms with van der Waals surface area (Å²) in [6, 6.07) is 6.09. The largest absolute Gasteiger partial charge is 0.399 e. The van der Waals surface area contributed by atoms with Gasteiger partial charge in [0.05, 0.1) is 18.3 Å². The molecule has 0 spiro atoms. The second kappa shape index (κ2) is 6.54. The lowest BCUT2D eigenvalue weighted by atomic mass is 10.0. The second-order valence-corrected chi connectivity index (χ2v) is 6.18. The van der Waals surface area contributed by atoms with Gasteiger partial charge < -0.3 is 24.7 Å². The van der Waals surface area contributed by atoms with Gasteiger partial charge in [-0.05, 0) is 43.0 Å². The first-order valence-electron chi connectivity index (χ1n) is 7.84. The van der Waals surface area contributed by atoms with Crippen molar-refractivity contribution < 1.29 is 18.9 Å². The van der Waals surface area contributed by atoms with Crippen LogP contribution in [0.1, 0.15) is 24.5 Å². The fraction of sp³-hybridized carbons (Fsp3) is 0.647. The Morgan fingerprint density at radius 1 is 1.14 bits per heavy atom. The molecule has 1 aromatic carbocycles. The summed E-state index contributed by atoms with van der Waals surface area (Å²) in [5, 5.41) is 0. The van der Waals surface area contributed by atoms with Gasteiger partial charge in [-0.3, -0.25) is 0 Å². The standard InChI is InChI=1S/C17H25NO4/c1-10-17(20-3)15(19-2)9-16(21-10)22-14-7-11-4-5-13(18)6-12(11)8-14/h4-6,10,14-17H,7-9,18H2,1-3H3/t10-,14?,15-,16-,17-/m0/s1. The molecule has 1 aliphatic carbocycles. The molecule has 5 heteroatoms. The molecule has 0 amide bonds. The highest BCUT2D eigenvalue weighted by molar-refractivity contribution is 5.47. The molecule has 1 fully saturated rings. The fourth-order valence-electron chi connectivity index (χ4n) is 3.57. The quantitative estimate of drug-likeness (QED) is 0.861. The molecule has 22 heavy (non-hydrogen) atoms. The van der Waals surface area contributed by atoms with Gasteiger partial charge in [0.15, 0.2) is 6.29 Å². The third-order valence-corrected chi connectivity index (χ3v) is 4.66. The van der Waals surface area contributed by atoms with E-state index in [1.807, 2.05) is 19.1 Å². The molecule has 1 heterocycles. The Labute approximate surface area is 131 Å². The van der Waals surface area contributed by atoms with Crippen molar-refractivity contribution in [3.8, 4) is 0 Å². The lowest BCUT2D eigenvalue weighted by molar-refractivity contribution is -0.265. The SMILES string of the molecule is CO[C@H]1[C@H](C)O[C@@H](OC2Cc3ccc(N)cc3C2)C[C@@H]1OC. The van der Waals surface area contributed by atoms with Gasteiger partial charge in [-0.15, -0.1) is 0 Å². The fourth-order valence-corrected chi connectivity index (χ4v) is 3.57. The van der Waals surface area contributed by atoms with Crippen LogP contribution in [0.5, 0.6) is 0 Å². The molecular weight excluding hydrogens is 282 g/mol. The first-order valence-corrected chi connectivity index (χ1v) is 7.84. The van der Waals surface area contributed by atoms with Gasteiger partial charge in [0.2, 0.25) is 0 Å². The predicted octanol–water partition coefficient (Wildman–Crippen LogP) is 1.92. The number of nitrogen functional groups attached to an aromatic ring is 1. The van der Waals surface area contributed by atoms with Crippen LogP contribution in [0.4, 0.5) is 5.69 Å². The summed E-state index contributed by atoms with van der Waals surface area (Å²) < 4.78 is 23.1. The smallest absolute Gasteiger partial charge is 0.161 e. The number of hydrogen-bond acceptors (Lipinski definition) is 5. The molecule has 122 valence electrons. The van der Waals surface area contributed by atoms with E-state index < -0.39 is 0 Å². The lowest BCUT2D eigenvalue weighted by Gasteiger charge is -2.39. The number of methoxy groups -OCH3 is 2. The molecule has 2 aliphatic rings. The summed E-state index contributed by atoms with van der Waals surface area (Å²) in [5.74, 6) is 0. The Balaban J connectivity index is 1.61. The number of fused-ring (bicyclic) bond motifs is 1. The van der Waals surface area contributed by atoms with Gasteiger partial charge in [0, 0.05) is 26.3 Å². The van der Waals surface area contributed by atoms with Gasteiger partial charge in [-0.25, -0.2) is 0 Å². The van der Waals surface area contributed by atoms with Gasteiger partial charge in [0.1, 0.15) is 6.10 Å². The van der Waals surface area contributed by atoms with Gasteiger partial charge in [-0.2, -0.15) is 0 Å². The van der Waals surface area contributed by atoms with Crippen LogP contribution >= 0.6 is 0 Å². The summed E-state index contributed by atoms with van der Waals surface area (Å²) in [6.45, 7) is 2.00. The molecule has 0 saturated carbocycles. The van der Waals surface area contributed by atoms with E-state index in [0.29, 0.717) is 6.42 Å². The predicted molar refractivity (Wildman–Crippen MR) is 83.7 cm³/mol. The Morgan fingerprint density at radius 2 is 1.91 bits per heavy atom. The monoisotopic (exact) mass is 307 g/mol. The van der Waals surface area contributed by atoms with E-state index in [1.54, 1.807) is 14.2 Å². The number of ether oxygens (including phenoxy) is 4. The van der Waals surface area contributed by atoms with Crippen LogP contribution in [-0.2, 0) is 31.8 Å². The van der Waals surface area contributed by atoms with Gasteiger partial charge >= 0.3 is 0 Å². The van der Waals surface area contributed by atoms with Crippen LogP contribution in [0.15, 0.2) is 18.2 Å². The first-order chi connectivity index (χ1) is 10.6. The molecule has 2 N–H and O–H groups in total. The van der Waals surface area contributed by atoms with E-state index in [2.05, 4.69) is 6.07 Å². The maximum Gasteiger partial charge on any atom is 0.161 e. The summed E-state index contributed by atoms with van der Waals surface area (Å²) in [5.41, 5.74) is 9.26. The van der Waals surface area contributed by atoms with Crippen LogP contribution in [0.2, 0.25) is 0 Å². The molecule has 0 aromatic heterocycles. The Bertz CT molecular complexity index is 521. The topological polar surface area (TPSA) is 62.9 Å². The zero-order chi connectivity index (χ0) is 15.7. The van der Waals surface area contributed by atoms with Crippen molar-refractivity contribution in [1.82, 2.24) is 0 Å². The van der Waals surface area contributed by atoms with Crippen LogP contribution < -0.4 is 5.73 Å².